The van der Waals surface area contributed by atoms with E-state index in [-0.39, 0.29) is 44.0 Å². The van der Waals surface area contributed by atoms with Gasteiger partial charge < -0.3 is 34.5 Å². The molecule has 61 heavy (non-hydrogen) atoms. The summed E-state index contributed by atoms with van der Waals surface area (Å²) in [6, 6.07) is 2.28. The van der Waals surface area contributed by atoms with Crippen molar-refractivity contribution in [3.8, 4) is 17.4 Å². The molecule has 15 nitrogen and oxygen atoms in total. The molecule has 2 aliphatic carbocycles. The number of carbonyl (C=O) groups excluding carboxylic acids is 4. The Kier molecular flexibility index (Phi) is 11.9. The molecule has 4 heterocycles. The summed E-state index contributed by atoms with van der Waals surface area (Å²) in [6.45, 7) is 4.29. The number of hydrogen-bond acceptors (Lipinski definition) is 11. The number of pyridine rings is 1. The maximum atomic E-state index is 14.9. The second kappa shape index (κ2) is 16.4. The van der Waals surface area contributed by atoms with Crippen LogP contribution < -0.4 is 29.6 Å². The average Bonchev–Trinajstić information content (AvgIpc) is 4.11. The van der Waals surface area contributed by atoms with Gasteiger partial charge in [0.05, 0.1) is 6.54 Å². The quantitative estimate of drug-likeness (QED) is 0.227. The molecule has 7 atom stereocenters. The van der Waals surface area contributed by atoms with Crippen LogP contribution >= 0.6 is 0 Å². The SMILES string of the molecule is CC[C@@H]1C[C@@H](C)CC/C=C\[C@@H]2C[C@@]2(C(=O)NS(=O)(=O)C2(CF)CC2)NC(=O)[C@@H]2C[C@@H](Oc3nccc4c5c(ccc34)OCCO5)CN2C(=O)[C@H]1NC(=O)OC(C)(C)C(F)(F)F. The Morgan fingerprint density at radius 1 is 1.08 bits per heavy atom. The number of ether oxygens (including phenoxy) is 4. The number of hydrogen-bond donors (Lipinski definition) is 3. The van der Waals surface area contributed by atoms with E-state index in [0.29, 0.717) is 75.0 Å². The normalized spacial score (nSPS) is 29.5. The number of nitrogens with one attached hydrogen (secondary N) is 3. The van der Waals surface area contributed by atoms with E-state index >= 15 is 0 Å². The molecule has 0 spiro atoms. The van der Waals surface area contributed by atoms with E-state index in [2.05, 4.69) is 15.6 Å². The number of alkyl halides is 4. The number of halogens is 4. The van der Waals surface area contributed by atoms with Gasteiger partial charge >= 0.3 is 12.3 Å². The van der Waals surface area contributed by atoms with Gasteiger partial charge in [-0.05, 0) is 82.4 Å². The van der Waals surface area contributed by atoms with E-state index in [1.807, 2.05) is 17.7 Å². The summed E-state index contributed by atoms with van der Waals surface area (Å²) in [5.41, 5.74) is -4.69. The summed E-state index contributed by atoms with van der Waals surface area (Å²) < 4.78 is 105. The van der Waals surface area contributed by atoms with Gasteiger partial charge in [-0.1, -0.05) is 32.4 Å². The lowest BCUT2D eigenvalue weighted by Crippen LogP contribution is -2.60. The molecule has 3 fully saturated rings. The van der Waals surface area contributed by atoms with Gasteiger partial charge in [-0.2, -0.15) is 13.2 Å². The third-order valence-corrected chi connectivity index (χ3v) is 14.7. The van der Waals surface area contributed by atoms with Crippen LogP contribution in [0.5, 0.6) is 17.4 Å². The van der Waals surface area contributed by atoms with Crippen molar-refractivity contribution >= 4 is 44.6 Å². The number of carbonyl (C=O) groups is 4. The number of alkyl carbamates (subject to hydrolysis) is 1. The Hall–Kier alpha value is -4.88. The third kappa shape index (κ3) is 8.65. The zero-order chi connectivity index (χ0) is 44.1. The van der Waals surface area contributed by atoms with E-state index in [0.717, 1.165) is 4.90 Å². The van der Waals surface area contributed by atoms with Gasteiger partial charge in [-0.25, -0.2) is 22.6 Å². The number of benzene rings is 1. The Morgan fingerprint density at radius 3 is 2.51 bits per heavy atom. The highest BCUT2D eigenvalue weighted by Gasteiger charge is 2.64. The van der Waals surface area contributed by atoms with Crippen LogP contribution in [-0.4, -0.2) is 109 Å². The van der Waals surface area contributed by atoms with E-state index in [9.17, 15) is 45.2 Å². The van der Waals surface area contributed by atoms with Crippen LogP contribution in [0.15, 0.2) is 36.5 Å². The van der Waals surface area contributed by atoms with Gasteiger partial charge in [0.1, 0.15) is 48.4 Å². The second-order valence-corrected chi connectivity index (χ2v) is 19.4. The van der Waals surface area contributed by atoms with Crippen LogP contribution in [0.2, 0.25) is 0 Å². The predicted octanol–water partition coefficient (Wildman–Crippen LogP) is 5.02. The van der Waals surface area contributed by atoms with Crippen LogP contribution in [0.3, 0.4) is 0 Å². The van der Waals surface area contributed by atoms with Crippen molar-refractivity contribution in [2.75, 3.05) is 26.4 Å². The standard InChI is InChI=1S/C41H51F4N5O10S/c1-5-24-18-23(2)8-6-7-9-25-20-40(25,36(53)49-61(55,56)39(22-42)13-14-39)48-33(51)29-19-26(21-50(29)35(52)31(24)47-37(54)60-38(3,4)41(43,44)45)59-34-28-10-11-30-32(58-17-16-57-30)27(28)12-15-46-34/h7,9-12,15,23-26,29,31H,5-6,8,13-14,16-22H2,1-4H3,(H,47,54)(H,48,51)(H,49,53)/b9-7-/t23-,24+,25+,26+,29-,31-,40+/m0/s1. The number of nitrogens with zero attached hydrogens (tertiary/aromatic N) is 2. The highest BCUT2D eigenvalue weighted by atomic mass is 32.2. The molecular weight excluding hydrogens is 831 g/mol. The van der Waals surface area contributed by atoms with Crippen LogP contribution in [0.25, 0.3) is 10.8 Å². The lowest BCUT2D eigenvalue weighted by atomic mass is 9.85. The maximum Gasteiger partial charge on any atom is 0.427 e. The number of sulfonamides is 1. The number of allylic oxidation sites excluding steroid dienone is 1. The lowest BCUT2D eigenvalue weighted by molar-refractivity contribution is -0.244. The summed E-state index contributed by atoms with van der Waals surface area (Å²) >= 11 is 0. The fourth-order valence-electron chi connectivity index (χ4n) is 8.41. The first kappa shape index (κ1) is 44.2. The predicted molar refractivity (Wildman–Crippen MR) is 211 cm³/mol. The van der Waals surface area contributed by atoms with E-state index in [1.165, 1.54) is 6.20 Å². The number of fused-ring (bicyclic) bond motifs is 5. The van der Waals surface area contributed by atoms with Crippen LogP contribution in [0.4, 0.5) is 22.4 Å². The van der Waals surface area contributed by atoms with Crippen molar-refractivity contribution in [2.24, 2.45) is 17.8 Å². The molecule has 334 valence electrons. The molecule has 20 heteroatoms. The molecule has 1 aromatic carbocycles. The van der Waals surface area contributed by atoms with Crippen molar-refractivity contribution in [2.45, 2.75) is 119 Å². The summed E-state index contributed by atoms with van der Waals surface area (Å²) in [7, 11) is -4.47. The van der Waals surface area contributed by atoms with Gasteiger partial charge in [-0.3, -0.25) is 19.1 Å². The minimum atomic E-state index is -4.94. The van der Waals surface area contributed by atoms with Gasteiger partial charge in [0.2, 0.25) is 33.3 Å². The molecular formula is C41H51F4N5O10S. The summed E-state index contributed by atoms with van der Waals surface area (Å²) in [4.78, 5) is 62.4. The Morgan fingerprint density at radius 2 is 1.82 bits per heavy atom. The van der Waals surface area contributed by atoms with E-state index < -0.39 is 92.6 Å². The topological polar surface area (TPSA) is 192 Å². The Balaban J connectivity index is 1.24. The highest BCUT2D eigenvalue weighted by molar-refractivity contribution is 7.91. The molecule has 0 unspecified atom stereocenters. The van der Waals surface area contributed by atoms with E-state index in [1.54, 1.807) is 31.2 Å². The molecule has 4 amide bonds. The van der Waals surface area contributed by atoms with Gasteiger partial charge in [-0.15, -0.1) is 0 Å². The average molecular weight is 882 g/mol. The monoisotopic (exact) mass is 881 g/mol. The largest absolute Gasteiger partial charge is 0.486 e. The van der Waals surface area contributed by atoms with Gasteiger partial charge in [0.25, 0.3) is 5.91 Å². The first-order valence-corrected chi connectivity index (χ1v) is 22.0. The molecule has 3 N–H and O–H groups in total. The minimum absolute atomic E-state index is 0.00825. The molecule has 1 saturated heterocycles. The minimum Gasteiger partial charge on any atom is -0.486 e. The van der Waals surface area contributed by atoms with Crippen LogP contribution in [-0.2, 0) is 29.1 Å². The molecule has 7 rings (SSSR count). The van der Waals surface area contributed by atoms with Crippen molar-refractivity contribution in [1.82, 2.24) is 25.2 Å². The molecule has 5 aliphatic rings. The number of aromatic nitrogens is 1. The lowest BCUT2D eigenvalue weighted by Gasteiger charge is -2.35. The molecule has 1 aromatic heterocycles. The smallest absolute Gasteiger partial charge is 0.427 e. The second-order valence-electron chi connectivity index (χ2n) is 17.3. The molecule has 2 saturated carbocycles. The molecule has 3 aliphatic heterocycles. The summed E-state index contributed by atoms with van der Waals surface area (Å²) in [5, 5.41) is 6.31. The van der Waals surface area contributed by atoms with Crippen molar-refractivity contribution in [3.05, 3.63) is 36.5 Å². The van der Waals surface area contributed by atoms with Crippen LogP contribution in [0, 0.1) is 17.8 Å². The fraction of sp³-hybridized carbons (Fsp3) is 0.634. The zero-order valence-corrected chi connectivity index (χ0v) is 35.1. The maximum absolute atomic E-state index is 14.9. The summed E-state index contributed by atoms with van der Waals surface area (Å²) in [6.07, 6.45) is -0.706. The first-order valence-electron chi connectivity index (χ1n) is 20.6. The first-order chi connectivity index (χ1) is 28.7. The molecule has 0 bridgehead atoms. The van der Waals surface area contributed by atoms with Crippen LogP contribution in [0.1, 0.15) is 79.1 Å². The highest BCUT2D eigenvalue weighted by Crippen LogP contribution is 2.48. The Bertz CT molecular complexity index is 2200. The number of rotatable bonds is 9. The van der Waals surface area contributed by atoms with E-state index in [4.69, 9.17) is 18.9 Å². The summed E-state index contributed by atoms with van der Waals surface area (Å²) in [5.74, 6) is -2.91. The van der Waals surface area contributed by atoms with Crippen molar-refractivity contribution in [3.63, 3.8) is 0 Å². The van der Waals surface area contributed by atoms with Gasteiger partial charge in [0.15, 0.2) is 11.5 Å². The zero-order valence-electron chi connectivity index (χ0n) is 34.3. The van der Waals surface area contributed by atoms with Gasteiger partial charge in [0, 0.05) is 29.3 Å². The molecule has 2 aromatic rings. The number of amides is 4. The Labute approximate surface area is 350 Å². The van der Waals surface area contributed by atoms with Crippen molar-refractivity contribution < 1.29 is 64.1 Å². The molecule has 0 radical (unpaired) electrons. The van der Waals surface area contributed by atoms with Crippen molar-refractivity contribution in [1.29, 1.82) is 0 Å². The third-order valence-electron chi connectivity index (χ3n) is 12.6. The fourth-order valence-corrected chi connectivity index (χ4v) is 9.83.